The van der Waals surface area contributed by atoms with Crippen LogP contribution in [0.15, 0.2) is 61.7 Å². The Morgan fingerprint density at radius 2 is 1.27 bits per heavy atom. The van der Waals surface area contributed by atoms with Crippen molar-refractivity contribution in [2.45, 2.75) is 13.2 Å². The van der Waals surface area contributed by atoms with Gasteiger partial charge in [0.1, 0.15) is 11.5 Å². The molecule has 0 bridgehead atoms. The Bertz CT molecular complexity index is 684. The zero-order chi connectivity index (χ0) is 18.8. The van der Waals surface area contributed by atoms with Crippen LogP contribution >= 0.6 is 0 Å². The van der Waals surface area contributed by atoms with Crippen LogP contribution in [0.1, 0.15) is 11.1 Å². The average Bonchev–Trinajstić information content (AvgIpc) is 2.68. The summed E-state index contributed by atoms with van der Waals surface area (Å²) >= 11 is 0. The van der Waals surface area contributed by atoms with E-state index in [9.17, 15) is 0 Å². The molecule has 0 unspecified atom stereocenters. The van der Waals surface area contributed by atoms with Crippen molar-refractivity contribution in [3.05, 3.63) is 72.8 Å². The van der Waals surface area contributed by atoms with E-state index in [1.807, 2.05) is 36.4 Å². The lowest BCUT2D eigenvalue weighted by molar-refractivity contribution is 0.145. The van der Waals surface area contributed by atoms with E-state index in [0.717, 1.165) is 33.8 Å². The molecule has 4 heteroatoms. The Balaban J connectivity index is 2.48. The molecule has 0 spiro atoms. The van der Waals surface area contributed by atoms with Crippen molar-refractivity contribution in [2.75, 3.05) is 27.4 Å². The highest BCUT2D eigenvalue weighted by atomic mass is 16.5. The summed E-state index contributed by atoms with van der Waals surface area (Å²) in [7, 11) is 3.32. The lowest BCUT2D eigenvalue weighted by Gasteiger charge is -2.18. The van der Waals surface area contributed by atoms with Gasteiger partial charge in [-0.1, -0.05) is 24.3 Å². The van der Waals surface area contributed by atoms with E-state index < -0.39 is 0 Å². The van der Waals surface area contributed by atoms with Gasteiger partial charge in [-0.2, -0.15) is 0 Å². The lowest BCUT2D eigenvalue weighted by atomic mass is 9.94. The molecule has 4 nitrogen and oxygen atoms in total. The van der Waals surface area contributed by atoms with Crippen molar-refractivity contribution in [2.24, 2.45) is 0 Å². The fraction of sp³-hybridized carbons (Fsp3) is 0.273. The number of methoxy groups -OCH3 is 2. The molecule has 0 heterocycles. The van der Waals surface area contributed by atoms with Crippen LogP contribution in [0.3, 0.4) is 0 Å². The first-order chi connectivity index (χ1) is 12.7. The van der Waals surface area contributed by atoms with Gasteiger partial charge in [0.05, 0.1) is 40.6 Å². The summed E-state index contributed by atoms with van der Waals surface area (Å²) in [6.07, 6.45) is 3.47. The third-order valence-electron chi connectivity index (χ3n) is 3.88. The Kier molecular flexibility index (Phi) is 7.93. The van der Waals surface area contributed by atoms with E-state index in [2.05, 4.69) is 13.2 Å². The van der Waals surface area contributed by atoms with Crippen LogP contribution in [0, 0.1) is 0 Å². The molecule has 0 saturated carbocycles. The second-order valence-electron chi connectivity index (χ2n) is 5.66. The maximum absolute atomic E-state index is 5.70. The van der Waals surface area contributed by atoms with Crippen LogP contribution in [0.4, 0.5) is 0 Å². The maximum atomic E-state index is 5.70. The van der Waals surface area contributed by atoms with Gasteiger partial charge in [0, 0.05) is 0 Å². The third kappa shape index (κ3) is 5.22. The Labute approximate surface area is 155 Å². The van der Waals surface area contributed by atoms with Crippen molar-refractivity contribution in [1.82, 2.24) is 0 Å². The fourth-order valence-electron chi connectivity index (χ4n) is 2.71. The summed E-state index contributed by atoms with van der Waals surface area (Å²) < 4.78 is 22.1. The summed E-state index contributed by atoms with van der Waals surface area (Å²) in [6, 6.07) is 12.0. The largest absolute Gasteiger partial charge is 0.497 e. The number of benzene rings is 2. The zero-order valence-electron chi connectivity index (χ0n) is 15.5. The standard InChI is InChI=1S/C22H26O4/c1-5-11-25-15-18-13-21(24-4)14-19(16-26-12-6-2)22(18)17-7-9-20(23-3)10-8-17/h5-10,13-14H,1-2,11-12,15-16H2,3-4H3. The van der Waals surface area contributed by atoms with Crippen LogP contribution < -0.4 is 9.47 Å². The number of hydrogen-bond acceptors (Lipinski definition) is 4. The van der Waals surface area contributed by atoms with Gasteiger partial charge in [-0.25, -0.2) is 0 Å². The predicted molar refractivity (Wildman–Crippen MR) is 105 cm³/mol. The van der Waals surface area contributed by atoms with Crippen LogP contribution in [-0.2, 0) is 22.7 Å². The second kappa shape index (κ2) is 10.4. The first-order valence-corrected chi connectivity index (χ1v) is 8.45. The van der Waals surface area contributed by atoms with Gasteiger partial charge in [-0.3, -0.25) is 0 Å². The van der Waals surface area contributed by atoms with Gasteiger partial charge in [0.25, 0.3) is 0 Å². The molecule has 0 amide bonds. The van der Waals surface area contributed by atoms with Crippen molar-refractivity contribution in [3.8, 4) is 22.6 Å². The van der Waals surface area contributed by atoms with Crippen LogP contribution in [0.25, 0.3) is 11.1 Å². The minimum atomic E-state index is 0.457. The quantitative estimate of drug-likeness (QED) is 0.430. The van der Waals surface area contributed by atoms with Gasteiger partial charge in [0.2, 0.25) is 0 Å². The molecule has 0 radical (unpaired) electrons. The molecule has 0 fully saturated rings. The van der Waals surface area contributed by atoms with Gasteiger partial charge in [-0.05, 0) is 46.5 Å². The van der Waals surface area contributed by atoms with Crippen molar-refractivity contribution in [1.29, 1.82) is 0 Å². The normalized spacial score (nSPS) is 10.4. The maximum Gasteiger partial charge on any atom is 0.119 e. The van der Waals surface area contributed by atoms with Crippen molar-refractivity contribution < 1.29 is 18.9 Å². The van der Waals surface area contributed by atoms with E-state index in [1.54, 1.807) is 26.4 Å². The molecule has 0 aliphatic heterocycles. The first kappa shape index (κ1) is 19.8. The summed E-state index contributed by atoms with van der Waals surface area (Å²) in [5.74, 6) is 1.59. The number of hydrogen-bond donors (Lipinski definition) is 0. The molecule has 138 valence electrons. The van der Waals surface area contributed by atoms with Crippen molar-refractivity contribution >= 4 is 0 Å². The Morgan fingerprint density at radius 3 is 1.69 bits per heavy atom. The predicted octanol–water partition coefficient (Wildman–Crippen LogP) is 4.78. The van der Waals surface area contributed by atoms with Gasteiger partial charge < -0.3 is 18.9 Å². The summed E-state index contributed by atoms with van der Waals surface area (Å²) in [5.41, 5.74) is 4.23. The Hall–Kier alpha value is -2.56. The number of ether oxygens (including phenoxy) is 4. The number of rotatable bonds is 11. The second-order valence-corrected chi connectivity index (χ2v) is 5.66. The lowest BCUT2D eigenvalue weighted by Crippen LogP contribution is -2.03. The molecule has 0 aliphatic rings. The van der Waals surface area contributed by atoms with Crippen LogP contribution in [0.2, 0.25) is 0 Å². The van der Waals surface area contributed by atoms with Gasteiger partial charge in [-0.15, -0.1) is 13.2 Å². The smallest absolute Gasteiger partial charge is 0.119 e. The highest BCUT2D eigenvalue weighted by Gasteiger charge is 2.14. The van der Waals surface area contributed by atoms with E-state index >= 15 is 0 Å². The summed E-state index contributed by atoms with van der Waals surface area (Å²) in [5, 5.41) is 0. The van der Waals surface area contributed by atoms with E-state index in [-0.39, 0.29) is 0 Å². The molecule has 0 N–H and O–H groups in total. The van der Waals surface area contributed by atoms with Crippen molar-refractivity contribution in [3.63, 3.8) is 0 Å². The van der Waals surface area contributed by atoms with E-state index in [0.29, 0.717) is 26.4 Å². The zero-order valence-corrected chi connectivity index (χ0v) is 15.5. The molecular weight excluding hydrogens is 328 g/mol. The molecule has 2 aromatic rings. The topological polar surface area (TPSA) is 36.9 Å². The first-order valence-electron chi connectivity index (χ1n) is 8.45. The van der Waals surface area contributed by atoms with Crippen LogP contribution in [0.5, 0.6) is 11.5 Å². The average molecular weight is 354 g/mol. The third-order valence-corrected chi connectivity index (χ3v) is 3.88. The molecule has 2 aromatic carbocycles. The summed E-state index contributed by atoms with van der Waals surface area (Å²) in [4.78, 5) is 0. The molecule has 0 aliphatic carbocycles. The molecular formula is C22H26O4. The minimum Gasteiger partial charge on any atom is -0.497 e. The Morgan fingerprint density at radius 1 is 0.769 bits per heavy atom. The van der Waals surface area contributed by atoms with Crippen LogP contribution in [-0.4, -0.2) is 27.4 Å². The molecule has 2 rings (SSSR count). The SMILES string of the molecule is C=CCOCc1cc(OC)cc(COCC=C)c1-c1ccc(OC)cc1. The molecule has 26 heavy (non-hydrogen) atoms. The minimum absolute atomic E-state index is 0.457. The van der Waals surface area contributed by atoms with Gasteiger partial charge in [0.15, 0.2) is 0 Å². The fourth-order valence-corrected chi connectivity index (χ4v) is 2.71. The van der Waals surface area contributed by atoms with Gasteiger partial charge >= 0.3 is 0 Å². The molecule has 0 saturated heterocycles. The monoisotopic (exact) mass is 354 g/mol. The van der Waals surface area contributed by atoms with E-state index in [1.165, 1.54) is 0 Å². The highest BCUT2D eigenvalue weighted by Crippen LogP contribution is 2.34. The summed E-state index contributed by atoms with van der Waals surface area (Å²) in [6.45, 7) is 9.29. The molecule has 0 aromatic heterocycles. The van der Waals surface area contributed by atoms with E-state index in [4.69, 9.17) is 18.9 Å². The molecule has 0 atom stereocenters. The highest BCUT2D eigenvalue weighted by molar-refractivity contribution is 5.73.